The molecule has 174 valence electrons. The van der Waals surface area contributed by atoms with Crippen molar-refractivity contribution in [2.45, 2.75) is 113 Å². The molecule has 0 aliphatic rings. The van der Waals surface area contributed by atoms with Crippen molar-refractivity contribution in [1.82, 2.24) is 5.06 Å². The summed E-state index contributed by atoms with van der Waals surface area (Å²) in [4.78, 5) is 19.1. The topological polar surface area (TPSA) is 74.3 Å². The number of ether oxygens (including phenoxy) is 1. The van der Waals surface area contributed by atoms with Crippen molar-refractivity contribution in [2.75, 3.05) is 13.2 Å². The predicted octanol–water partition coefficient (Wildman–Crippen LogP) is 5.78. The first-order valence-corrected chi connectivity index (χ1v) is 11.9. The van der Waals surface area contributed by atoms with E-state index in [1.165, 1.54) is 0 Å². The van der Waals surface area contributed by atoms with Gasteiger partial charge in [-0.05, 0) is 74.7 Å². The third-order valence-electron chi connectivity index (χ3n) is 3.79. The minimum absolute atomic E-state index is 0.233. The number of nitrogens with zero attached hydrogens (tertiary/aromatic N) is 1. The second-order valence-corrected chi connectivity index (χ2v) is 12.8. The molecule has 0 rings (SSSR count). The molecule has 0 aliphatic heterocycles. The Morgan fingerprint density at radius 2 is 1.28 bits per heavy atom. The van der Waals surface area contributed by atoms with Crippen LogP contribution in [0.5, 0.6) is 0 Å². The number of rotatable bonds is 9. The average molecular weight is 438 g/mol. The molecule has 0 N–H and O–H groups in total. The van der Waals surface area contributed by atoms with Crippen LogP contribution in [0.1, 0.15) is 90.0 Å². The number of carbonyl (C=O) groups excluding carboxylic acids is 1. The van der Waals surface area contributed by atoms with E-state index in [-0.39, 0.29) is 13.2 Å². The minimum Gasteiger partial charge on any atom is -0.458 e. The fraction of sp³-hybridized carbons (Fsp3) is 0.952. The monoisotopic (exact) mass is 437 g/mol. The van der Waals surface area contributed by atoms with Crippen molar-refractivity contribution >= 4 is 13.6 Å². The fourth-order valence-corrected chi connectivity index (χ4v) is 5.41. The summed E-state index contributed by atoms with van der Waals surface area (Å²) in [5, 5.41) is 1.60. The van der Waals surface area contributed by atoms with Gasteiger partial charge in [0.1, 0.15) is 11.4 Å². The second-order valence-electron chi connectivity index (χ2n) is 10.7. The first-order valence-electron chi connectivity index (χ1n) is 10.3. The molecular formula is C21H44NO6P. The molecule has 0 heterocycles. The van der Waals surface area contributed by atoms with Crippen LogP contribution in [0.15, 0.2) is 0 Å². The first kappa shape index (κ1) is 28.5. The van der Waals surface area contributed by atoms with Gasteiger partial charge in [-0.15, -0.1) is 0 Å². The van der Waals surface area contributed by atoms with Crippen LogP contribution >= 0.6 is 7.60 Å². The number of esters is 1. The summed E-state index contributed by atoms with van der Waals surface area (Å²) in [6.07, 6.45) is 0. The van der Waals surface area contributed by atoms with Crippen LogP contribution in [0.2, 0.25) is 0 Å². The number of hydroxylamine groups is 2. The molecule has 29 heavy (non-hydrogen) atoms. The van der Waals surface area contributed by atoms with Gasteiger partial charge in [0.15, 0.2) is 5.60 Å². The molecule has 0 bridgehead atoms. The van der Waals surface area contributed by atoms with Crippen molar-refractivity contribution in [1.29, 1.82) is 0 Å². The number of hydrogen-bond donors (Lipinski definition) is 0. The van der Waals surface area contributed by atoms with E-state index in [9.17, 15) is 9.36 Å². The Labute approximate surface area is 178 Å². The van der Waals surface area contributed by atoms with Crippen LogP contribution in [0.4, 0.5) is 0 Å². The van der Waals surface area contributed by atoms with Crippen LogP contribution in [0.25, 0.3) is 0 Å². The van der Waals surface area contributed by atoms with Crippen LogP contribution < -0.4 is 0 Å². The number of hydrogen-bond acceptors (Lipinski definition) is 7. The van der Waals surface area contributed by atoms with Crippen molar-refractivity contribution in [3.8, 4) is 0 Å². The lowest BCUT2D eigenvalue weighted by Gasteiger charge is -2.49. The summed E-state index contributed by atoms with van der Waals surface area (Å²) in [5.74, 6) is -1.26. The standard InChI is InChI=1S/C21H44NO6P/c1-14-25-29(24,26-15-2)16(18(3,4)5)22(19(6,7)8)28-21(12,13)17(23)27-20(9,10)11/h16H,14-15H2,1-13H3. The van der Waals surface area contributed by atoms with Gasteiger partial charge in [0.2, 0.25) is 0 Å². The van der Waals surface area contributed by atoms with E-state index in [2.05, 4.69) is 0 Å². The fourth-order valence-electron chi connectivity index (χ4n) is 2.73. The van der Waals surface area contributed by atoms with Gasteiger partial charge >= 0.3 is 13.6 Å². The second kappa shape index (κ2) is 9.78. The van der Waals surface area contributed by atoms with Gasteiger partial charge in [-0.2, -0.15) is 5.06 Å². The lowest BCUT2D eigenvalue weighted by atomic mass is 9.94. The molecule has 0 spiro atoms. The van der Waals surface area contributed by atoms with E-state index in [0.29, 0.717) is 0 Å². The van der Waals surface area contributed by atoms with Gasteiger partial charge in [0, 0.05) is 5.54 Å². The van der Waals surface area contributed by atoms with E-state index >= 15 is 0 Å². The van der Waals surface area contributed by atoms with Gasteiger partial charge in [-0.25, -0.2) is 4.79 Å². The molecule has 7 nitrogen and oxygen atoms in total. The third kappa shape index (κ3) is 8.66. The van der Waals surface area contributed by atoms with Crippen molar-refractivity contribution in [3.05, 3.63) is 0 Å². The highest BCUT2D eigenvalue weighted by molar-refractivity contribution is 7.54. The maximum Gasteiger partial charge on any atom is 0.350 e. The predicted molar refractivity (Wildman–Crippen MR) is 117 cm³/mol. The normalized spacial score (nSPS) is 15.5. The molecule has 1 unspecified atom stereocenters. The van der Waals surface area contributed by atoms with Crippen LogP contribution in [0.3, 0.4) is 0 Å². The Hall–Kier alpha value is -0.460. The highest BCUT2D eigenvalue weighted by atomic mass is 31.2. The van der Waals surface area contributed by atoms with Gasteiger partial charge < -0.3 is 13.8 Å². The largest absolute Gasteiger partial charge is 0.458 e. The maximum absolute atomic E-state index is 13.9. The molecule has 0 aliphatic carbocycles. The van der Waals surface area contributed by atoms with Gasteiger partial charge in [-0.3, -0.25) is 9.40 Å². The van der Waals surface area contributed by atoms with Gasteiger partial charge in [0.25, 0.3) is 0 Å². The molecular weight excluding hydrogens is 393 g/mol. The zero-order valence-corrected chi connectivity index (χ0v) is 21.7. The summed E-state index contributed by atoms with van der Waals surface area (Å²) in [7, 11) is -3.61. The van der Waals surface area contributed by atoms with Gasteiger partial charge in [-0.1, -0.05) is 20.8 Å². The summed E-state index contributed by atoms with van der Waals surface area (Å²) in [5.41, 5.74) is -3.12. The van der Waals surface area contributed by atoms with Crippen LogP contribution in [-0.4, -0.2) is 46.8 Å². The molecule has 0 saturated carbocycles. The highest BCUT2D eigenvalue weighted by Crippen LogP contribution is 2.61. The zero-order valence-electron chi connectivity index (χ0n) is 20.8. The summed E-state index contributed by atoms with van der Waals surface area (Å²) < 4.78 is 30.8. The molecule has 0 radical (unpaired) electrons. The number of carbonyl (C=O) groups is 1. The average Bonchev–Trinajstić information content (AvgIpc) is 2.42. The molecule has 0 fully saturated rings. The lowest BCUT2D eigenvalue weighted by molar-refractivity contribution is -0.294. The highest BCUT2D eigenvalue weighted by Gasteiger charge is 2.53. The maximum atomic E-state index is 13.9. The van der Waals surface area contributed by atoms with Gasteiger partial charge in [0.05, 0.1) is 13.2 Å². The molecule has 0 aromatic carbocycles. The zero-order chi connectivity index (χ0) is 23.5. The molecule has 0 aromatic heterocycles. The SMILES string of the molecule is CCOP(=O)(OCC)C(N(OC(C)(C)C(=O)OC(C)(C)C)C(C)(C)C)C(C)(C)C. The van der Waals surface area contributed by atoms with Crippen molar-refractivity contribution in [3.63, 3.8) is 0 Å². The molecule has 8 heteroatoms. The first-order chi connectivity index (χ1) is 12.7. The summed E-state index contributed by atoms with van der Waals surface area (Å²) >= 11 is 0. The van der Waals surface area contributed by atoms with E-state index in [1.807, 2.05) is 41.5 Å². The van der Waals surface area contributed by atoms with Crippen molar-refractivity contribution in [2.24, 2.45) is 5.41 Å². The van der Waals surface area contributed by atoms with E-state index in [4.69, 9.17) is 18.6 Å². The van der Waals surface area contributed by atoms with E-state index in [1.54, 1.807) is 53.5 Å². The Kier molecular flexibility index (Phi) is 9.62. The van der Waals surface area contributed by atoms with Crippen LogP contribution in [-0.2, 0) is 28.0 Å². The quantitative estimate of drug-likeness (QED) is 0.257. The minimum atomic E-state index is -3.61. The van der Waals surface area contributed by atoms with Crippen molar-refractivity contribution < 1.29 is 28.0 Å². The Morgan fingerprint density at radius 1 is 0.862 bits per heavy atom. The molecule has 0 aromatic rings. The molecule has 1 atom stereocenters. The van der Waals surface area contributed by atoms with Crippen LogP contribution in [0, 0.1) is 5.41 Å². The Bertz CT molecular complexity index is 573. The molecule has 0 amide bonds. The lowest BCUT2D eigenvalue weighted by Crippen LogP contribution is -2.58. The third-order valence-corrected chi connectivity index (χ3v) is 6.61. The van der Waals surface area contributed by atoms with E-state index < -0.39 is 41.5 Å². The smallest absolute Gasteiger partial charge is 0.350 e. The summed E-state index contributed by atoms with van der Waals surface area (Å²) in [6, 6.07) is 0. The van der Waals surface area contributed by atoms with E-state index in [0.717, 1.165) is 0 Å². The Morgan fingerprint density at radius 3 is 1.55 bits per heavy atom. The summed E-state index contributed by atoms with van der Waals surface area (Å²) in [6.45, 7) is 24.4. The Balaban J connectivity index is 6.34. The molecule has 0 saturated heterocycles.